The smallest absolute Gasteiger partial charge is 0.473 e. The number of alkyl halides is 3. The lowest BCUT2D eigenvalue weighted by molar-refractivity contribution is -0.275. The lowest BCUT2D eigenvalue weighted by atomic mass is 9.94. The first kappa shape index (κ1) is 20.1. The Hall–Kier alpha value is -2.61. The van der Waals surface area contributed by atoms with Crippen LogP contribution in [0.3, 0.4) is 0 Å². The van der Waals surface area contributed by atoms with Gasteiger partial charge in [0.1, 0.15) is 12.4 Å². The highest BCUT2D eigenvalue weighted by molar-refractivity contribution is 5.94. The Kier molecular flexibility index (Phi) is 6.18. The maximum atomic E-state index is 12.7. The standard InChI is InChI=1S/C20H21F3N2O3/c1-13(26)15-5-6-16(18(11-15)28-20(21,22)23)12-27-19-4-2-3-17(25-19)14-7-9-24-10-8-14/h2-6,11,14,24H,7-10,12H2,1H3. The van der Waals surface area contributed by atoms with Crippen molar-refractivity contribution >= 4 is 5.78 Å². The summed E-state index contributed by atoms with van der Waals surface area (Å²) in [7, 11) is 0. The molecule has 5 nitrogen and oxygen atoms in total. The van der Waals surface area contributed by atoms with Crippen molar-refractivity contribution in [3.05, 3.63) is 53.2 Å². The lowest BCUT2D eigenvalue weighted by Crippen LogP contribution is -2.27. The van der Waals surface area contributed by atoms with E-state index in [1.54, 1.807) is 6.07 Å². The van der Waals surface area contributed by atoms with Crippen LogP contribution in [0, 0.1) is 0 Å². The maximum absolute atomic E-state index is 12.7. The molecule has 0 spiro atoms. The molecule has 1 aliphatic rings. The molecule has 1 aliphatic heterocycles. The Morgan fingerprint density at radius 3 is 2.64 bits per heavy atom. The van der Waals surface area contributed by atoms with Gasteiger partial charge < -0.3 is 14.8 Å². The molecule has 28 heavy (non-hydrogen) atoms. The predicted molar refractivity (Wildman–Crippen MR) is 96.5 cm³/mol. The number of piperidine rings is 1. The largest absolute Gasteiger partial charge is 0.573 e. The molecule has 0 unspecified atom stereocenters. The van der Waals surface area contributed by atoms with Crippen molar-refractivity contribution in [1.29, 1.82) is 0 Å². The third-order valence-corrected chi connectivity index (χ3v) is 4.58. The van der Waals surface area contributed by atoms with Gasteiger partial charge in [-0.2, -0.15) is 0 Å². The first-order chi connectivity index (χ1) is 13.3. The van der Waals surface area contributed by atoms with E-state index in [9.17, 15) is 18.0 Å². The highest BCUT2D eigenvalue weighted by Gasteiger charge is 2.32. The maximum Gasteiger partial charge on any atom is 0.573 e. The second-order valence-corrected chi connectivity index (χ2v) is 6.64. The van der Waals surface area contributed by atoms with Gasteiger partial charge in [0.05, 0.1) is 0 Å². The number of hydrogen-bond acceptors (Lipinski definition) is 5. The number of carbonyl (C=O) groups excluding carboxylic acids is 1. The van der Waals surface area contributed by atoms with E-state index in [0.29, 0.717) is 11.8 Å². The van der Waals surface area contributed by atoms with Crippen molar-refractivity contribution in [3.8, 4) is 11.6 Å². The third-order valence-electron chi connectivity index (χ3n) is 4.58. The first-order valence-corrected chi connectivity index (χ1v) is 9.02. The Morgan fingerprint density at radius 2 is 1.96 bits per heavy atom. The van der Waals surface area contributed by atoms with E-state index in [4.69, 9.17) is 4.74 Å². The molecular weight excluding hydrogens is 373 g/mol. The van der Waals surface area contributed by atoms with Gasteiger partial charge in [0.25, 0.3) is 0 Å². The van der Waals surface area contributed by atoms with Crippen LogP contribution in [-0.4, -0.2) is 30.2 Å². The minimum Gasteiger partial charge on any atom is -0.473 e. The van der Waals surface area contributed by atoms with E-state index in [-0.39, 0.29) is 23.5 Å². The van der Waals surface area contributed by atoms with Gasteiger partial charge in [0, 0.05) is 28.8 Å². The monoisotopic (exact) mass is 394 g/mol. The van der Waals surface area contributed by atoms with E-state index in [1.807, 2.05) is 12.1 Å². The van der Waals surface area contributed by atoms with E-state index in [1.165, 1.54) is 19.1 Å². The average molecular weight is 394 g/mol. The number of Topliss-reactive ketones (excluding diaryl/α,β-unsaturated/α-hetero) is 1. The minimum absolute atomic E-state index is 0.133. The van der Waals surface area contributed by atoms with Gasteiger partial charge in [-0.15, -0.1) is 13.2 Å². The molecule has 2 aromatic rings. The van der Waals surface area contributed by atoms with E-state index >= 15 is 0 Å². The van der Waals surface area contributed by atoms with Crippen LogP contribution in [0.1, 0.15) is 47.3 Å². The number of rotatable bonds is 6. The normalized spacial score (nSPS) is 15.3. The van der Waals surface area contributed by atoms with E-state index in [2.05, 4.69) is 15.0 Å². The molecule has 0 atom stereocenters. The number of aromatic nitrogens is 1. The summed E-state index contributed by atoms with van der Waals surface area (Å²) in [5.74, 6) is -0.126. The summed E-state index contributed by atoms with van der Waals surface area (Å²) in [5.41, 5.74) is 1.23. The highest BCUT2D eigenvalue weighted by atomic mass is 19.4. The topological polar surface area (TPSA) is 60.5 Å². The summed E-state index contributed by atoms with van der Waals surface area (Å²) < 4.78 is 47.8. The summed E-state index contributed by atoms with van der Waals surface area (Å²) in [6.45, 7) is 2.97. The number of nitrogens with one attached hydrogen (secondary N) is 1. The van der Waals surface area contributed by atoms with E-state index in [0.717, 1.165) is 37.7 Å². The van der Waals surface area contributed by atoms with Crippen LogP contribution >= 0.6 is 0 Å². The molecule has 1 saturated heterocycles. The minimum atomic E-state index is -4.86. The molecule has 1 aromatic heterocycles. The van der Waals surface area contributed by atoms with Crippen LogP contribution in [-0.2, 0) is 6.61 Å². The zero-order chi connectivity index (χ0) is 20.1. The van der Waals surface area contributed by atoms with Gasteiger partial charge in [0.2, 0.25) is 5.88 Å². The van der Waals surface area contributed by atoms with Gasteiger partial charge in [-0.3, -0.25) is 4.79 Å². The number of pyridine rings is 1. The van der Waals surface area contributed by atoms with Crippen LogP contribution in [0.15, 0.2) is 36.4 Å². The zero-order valence-corrected chi connectivity index (χ0v) is 15.4. The first-order valence-electron chi connectivity index (χ1n) is 9.02. The Bertz CT molecular complexity index is 834. The molecule has 0 amide bonds. The van der Waals surface area contributed by atoms with Crippen molar-refractivity contribution in [2.24, 2.45) is 0 Å². The molecule has 0 radical (unpaired) electrons. The second kappa shape index (κ2) is 8.60. The quantitative estimate of drug-likeness (QED) is 0.743. The van der Waals surface area contributed by atoms with E-state index < -0.39 is 12.1 Å². The molecule has 0 saturated carbocycles. The SMILES string of the molecule is CC(=O)c1ccc(COc2cccc(C3CCNCC3)n2)c(OC(F)(F)F)c1. The second-order valence-electron chi connectivity index (χ2n) is 6.64. The Balaban J connectivity index is 1.75. The van der Waals surface area contributed by atoms with Crippen molar-refractivity contribution in [1.82, 2.24) is 10.3 Å². The number of nitrogens with zero attached hydrogens (tertiary/aromatic N) is 1. The summed E-state index contributed by atoms with van der Waals surface area (Å²) in [4.78, 5) is 16.0. The molecule has 1 aromatic carbocycles. The summed E-state index contributed by atoms with van der Waals surface area (Å²) in [5, 5.41) is 3.29. The molecular formula is C20H21F3N2O3. The molecule has 1 N–H and O–H groups in total. The predicted octanol–water partition coefficient (Wildman–Crippen LogP) is 4.23. The fourth-order valence-corrected chi connectivity index (χ4v) is 3.12. The average Bonchev–Trinajstić information content (AvgIpc) is 2.66. The molecule has 2 heterocycles. The summed E-state index contributed by atoms with van der Waals surface area (Å²) >= 11 is 0. The number of hydrogen-bond donors (Lipinski definition) is 1. The summed E-state index contributed by atoms with van der Waals surface area (Å²) in [6.07, 6.45) is -2.91. The number of halogens is 3. The van der Waals surface area contributed by atoms with Crippen LogP contribution in [0.2, 0.25) is 0 Å². The Morgan fingerprint density at radius 1 is 1.21 bits per heavy atom. The zero-order valence-electron chi connectivity index (χ0n) is 15.4. The van der Waals surface area contributed by atoms with Gasteiger partial charge >= 0.3 is 6.36 Å². The molecule has 0 bridgehead atoms. The van der Waals surface area contributed by atoms with Crippen LogP contribution in [0.4, 0.5) is 13.2 Å². The summed E-state index contributed by atoms with van der Waals surface area (Å²) in [6, 6.07) is 9.35. The molecule has 8 heteroatoms. The molecule has 3 rings (SSSR count). The van der Waals surface area contributed by atoms with Gasteiger partial charge in [-0.05, 0) is 45.0 Å². The van der Waals surface area contributed by atoms with Crippen molar-refractivity contribution in [2.75, 3.05) is 13.1 Å². The molecule has 1 fully saturated rings. The van der Waals surface area contributed by atoms with Gasteiger partial charge in [0.15, 0.2) is 5.78 Å². The van der Waals surface area contributed by atoms with Gasteiger partial charge in [-0.1, -0.05) is 18.2 Å². The van der Waals surface area contributed by atoms with Crippen molar-refractivity contribution in [3.63, 3.8) is 0 Å². The van der Waals surface area contributed by atoms with Crippen LogP contribution < -0.4 is 14.8 Å². The number of ether oxygens (including phenoxy) is 2. The fourth-order valence-electron chi connectivity index (χ4n) is 3.12. The van der Waals surface area contributed by atoms with Crippen molar-refractivity contribution < 1.29 is 27.4 Å². The third kappa shape index (κ3) is 5.45. The van der Waals surface area contributed by atoms with Crippen LogP contribution in [0.25, 0.3) is 0 Å². The van der Waals surface area contributed by atoms with Crippen LogP contribution in [0.5, 0.6) is 11.6 Å². The Labute approximate surface area is 160 Å². The lowest BCUT2D eigenvalue weighted by Gasteiger charge is -2.22. The van der Waals surface area contributed by atoms with Crippen molar-refractivity contribution in [2.45, 2.75) is 38.7 Å². The highest BCUT2D eigenvalue weighted by Crippen LogP contribution is 2.29. The van der Waals surface area contributed by atoms with Gasteiger partial charge in [-0.25, -0.2) is 4.98 Å². The molecule has 150 valence electrons. The number of carbonyl (C=O) groups is 1. The number of benzene rings is 1. The number of ketones is 1. The molecule has 0 aliphatic carbocycles. The fraction of sp³-hybridized carbons (Fsp3) is 0.400.